The van der Waals surface area contributed by atoms with Crippen molar-refractivity contribution in [2.45, 2.75) is 52.6 Å². The molecular weight excluding hydrogens is 693 g/mol. The average Bonchev–Trinajstić information content (AvgIpc) is 3.87. The van der Waals surface area contributed by atoms with Crippen molar-refractivity contribution in [3.05, 3.63) is 120 Å². The summed E-state index contributed by atoms with van der Waals surface area (Å²) in [6.45, 7) is 8.06. The van der Waals surface area contributed by atoms with Crippen molar-refractivity contribution < 1.29 is 14.3 Å². The Balaban J connectivity index is 0.973. The van der Waals surface area contributed by atoms with Gasteiger partial charge in [0.05, 0.1) is 29.5 Å². The normalized spacial score (nSPS) is 12.8. The number of nitrogens with zero attached hydrogens (tertiary/aromatic N) is 6. The zero-order valence-electron chi connectivity index (χ0n) is 31.2. The van der Waals surface area contributed by atoms with E-state index in [0.29, 0.717) is 35.4 Å². The largest absolute Gasteiger partial charge is 0.488 e. The first-order chi connectivity index (χ1) is 26.9. The van der Waals surface area contributed by atoms with Gasteiger partial charge in [-0.15, -0.1) is 0 Å². The minimum atomic E-state index is -0.374. The lowest BCUT2D eigenvalue weighted by Crippen LogP contribution is -2.33. The molecule has 0 atom stereocenters. The number of pyridine rings is 1. The number of aryl methyl sites for hydroxylation is 2. The monoisotopic (exact) mass is 738 g/mol. The number of aromatic nitrogens is 5. The van der Waals surface area contributed by atoms with Gasteiger partial charge in [0.15, 0.2) is 0 Å². The third-order valence-corrected chi connectivity index (χ3v) is 9.47. The van der Waals surface area contributed by atoms with Gasteiger partial charge in [0.25, 0.3) is 5.91 Å². The highest BCUT2D eigenvalue weighted by Crippen LogP contribution is 2.32. The second-order valence-corrected chi connectivity index (χ2v) is 13.7. The highest BCUT2D eigenvalue weighted by atomic mass is 16.5. The van der Waals surface area contributed by atoms with Crippen molar-refractivity contribution in [3.63, 3.8) is 0 Å². The number of carbonyl (C=O) groups is 2. The Morgan fingerprint density at radius 2 is 1.67 bits per heavy atom. The first-order valence-electron chi connectivity index (χ1n) is 18.8. The van der Waals surface area contributed by atoms with Crippen LogP contribution in [0.3, 0.4) is 0 Å². The Morgan fingerprint density at radius 1 is 0.855 bits per heavy atom. The molecule has 3 aromatic heterocycles. The summed E-state index contributed by atoms with van der Waals surface area (Å²) in [5.74, 6) is 2.06. The second-order valence-electron chi connectivity index (χ2n) is 13.7. The van der Waals surface area contributed by atoms with Crippen molar-refractivity contribution in [1.29, 1.82) is 0 Å². The van der Waals surface area contributed by atoms with E-state index in [-0.39, 0.29) is 24.2 Å². The molecule has 1 aliphatic heterocycles. The van der Waals surface area contributed by atoms with Crippen LogP contribution < -0.4 is 26.0 Å². The molecule has 0 unspecified atom stereocenters. The summed E-state index contributed by atoms with van der Waals surface area (Å²) in [5.41, 5.74) is 4.74. The maximum Gasteiger partial charge on any atom is 0.324 e. The number of ether oxygens (including phenoxy) is 1. The van der Waals surface area contributed by atoms with Crippen molar-refractivity contribution in [1.82, 2.24) is 34.9 Å². The highest BCUT2D eigenvalue weighted by molar-refractivity contribution is 6.07. The molecule has 4 heterocycles. The topological polar surface area (TPSA) is 151 Å². The van der Waals surface area contributed by atoms with E-state index in [4.69, 9.17) is 9.84 Å². The van der Waals surface area contributed by atoms with Crippen molar-refractivity contribution in [2.75, 3.05) is 42.1 Å². The fourth-order valence-corrected chi connectivity index (χ4v) is 6.52. The Kier molecular flexibility index (Phi) is 11.9. The molecule has 13 heteroatoms. The van der Waals surface area contributed by atoms with E-state index in [2.05, 4.69) is 48.0 Å². The number of carbonyl (C=O) groups excluding carboxylic acids is 2. The molecule has 6 aromatic rings. The van der Waals surface area contributed by atoms with E-state index < -0.39 is 0 Å². The van der Waals surface area contributed by atoms with Gasteiger partial charge in [0.1, 0.15) is 35.5 Å². The number of urea groups is 1. The summed E-state index contributed by atoms with van der Waals surface area (Å²) in [6.07, 6.45) is 10.0. The molecule has 3 amide bonds. The number of likely N-dealkylation sites (tertiary alicyclic amines) is 1. The summed E-state index contributed by atoms with van der Waals surface area (Å²) in [4.78, 5) is 41.4. The van der Waals surface area contributed by atoms with Crippen LogP contribution in [0.1, 0.15) is 59.9 Å². The van der Waals surface area contributed by atoms with Crippen LogP contribution in [-0.2, 0) is 13.0 Å². The van der Waals surface area contributed by atoms with E-state index in [1.54, 1.807) is 10.9 Å². The van der Waals surface area contributed by atoms with E-state index >= 15 is 0 Å². The van der Waals surface area contributed by atoms with E-state index in [1.165, 1.54) is 25.2 Å². The molecule has 0 saturated carbocycles. The van der Waals surface area contributed by atoms with Crippen molar-refractivity contribution in [3.8, 4) is 11.4 Å². The van der Waals surface area contributed by atoms with Gasteiger partial charge in [-0.1, -0.05) is 55.3 Å². The van der Waals surface area contributed by atoms with Crippen LogP contribution in [0.5, 0.6) is 5.75 Å². The fourth-order valence-electron chi connectivity index (χ4n) is 6.52. The number of amides is 3. The SMILES string of the molecule is CCCCc1cc(NC(=O)Nc2ccc(OCc3ccnc(Nc4cnc(C(=O)NCCN5CCCC5)cn4)c3)c3ccccc23)n(-c2ccc(C)cc2)n1. The minimum absolute atomic E-state index is 0.242. The number of unbranched alkanes of at least 4 members (excludes halogenated alkanes) is 1. The standard InChI is InChI=1S/C42H46N10O3/c1-3-4-9-31-25-40(52(50-31)32-14-12-29(2)13-15-32)49-42(54)47-35-16-17-37(34-11-6-5-10-33(34)35)55-28-30-18-19-43-38(24-30)48-39-27-45-36(26-46-39)41(53)44-20-23-51-21-7-8-22-51/h5-6,10-19,24-27H,3-4,7-9,20-23,28H2,1-2H3,(H,44,53)(H,43,46,48)(H2,47,49,54). The summed E-state index contributed by atoms with van der Waals surface area (Å²) < 4.78 is 8.09. The molecule has 0 radical (unpaired) electrons. The maximum absolute atomic E-state index is 13.4. The van der Waals surface area contributed by atoms with Crippen LogP contribution in [0.25, 0.3) is 16.5 Å². The Hall–Kier alpha value is -6.34. The van der Waals surface area contributed by atoms with Gasteiger partial charge in [-0.2, -0.15) is 5.10 Å². The van der Waals surface area contributed by atoms with Gasteiger partial charge in [0, 0.05) is 36.1 Å². The molecule has 55 heavy (non-hydrogen) atoms. The van der Waals surface area contributed by atoms with Crippen LogP contribution >= 0.6 is 0 Å². The molecular formula is C42H46N10O3. The van der Waals surface area contributed by atoms with Gasteiger partial charge < -0.3 is 25.6 Å². The number of nitrogens with one attached hydrogen (secondary N) is 4. The van der Waals surface area contributed by atoms with Crippen molar-refractivity contribution >= 4 is 45.9 Å². The van der Waals surface area contributed by atoms with Gasteiger partial charge in [-0.25, -0.2) is 24.4 Å². The Labute approximate surface area is 320 Å². The predicted octanol–water partition coefficient (Wildman–Crippen LogP) is 7.65. The predicted molar refractivity (Wildman–Crippen MR) is 215 cm³/mol. The molecule has 1 fully saturated rings. The lowest BCUT2D eigenvalue weighted by Gasteiger charge is -2.15. The number of rotatable bonds is 15. The number of anilines is 4. The van der Waals surface area contributed by atoms with Crippen LogP contribution in [0, 0.1) is 6.92 Å². The molecule has 13 nitrogen and oxygen atoms in total. The van der Waals surface area contributed by atoms with Crippen LogP contribution in [-0.4, -0.2) is 67.7 Å². The fraction of sp³-hybridized carbons (Fsp3) is 0.286. The molecule has 0 bridgehead atoms. The summed E-state index contributed by atoms with van der Waals surface area (Å²) >= 11 is 0. The Morgan fingerprint density at radius 3 is 2.45 bits per heavy atom. The van der Waals surface area contributed by atoms with E-state index in [9.17, 15) is 9.59 Å². The number of benzene rings is 3. The van der Waals surface area contributed by atoms with Crippen molar-refractivity contribution in [2.24, 2.45) is 0 Å². The van der Waals surface area contributed by atoms with Crippen LogP contribution in [0.15, 0.2) is 97.5 Å². The summed E-state index contributed by atoms with van der Waals surface area (Å²) in [6, 6.07) is 24.9. The number of hydrogen-bond donors (Lipinski definition) is 4. The summed E-state index contributed by atoms with van der Waals surface area (Å²) in [5, 5.41) is 18.6. The zero-order valence-corrected chi connectivity index (χ0v) is 31.2. The lowest BCUT2D eigenvalue weighted by molar-refractivity contribution is 0.0944. The molecule has 0 aliphatic carbocycles. The molecule has 1 aliphatic rings. The lowest BCUT2D eigenvalue weighted by atomic mass is 10.1. The first-order valence-corrected chi connectivity index (χ1v) is 18.8. The molecule has 1 saturated heterocycles. The van der Waals surface area contributed by atoms with Crippen LogP contribution in [0.4, 0.5) is 27.9 Å². The Bertz CT molecular complexity index is 2230. The van der Waals surface area contributed by atoms with Gasteiger partial charge in [-0.05, 0) is 87.7 Å². The quantitative estimate of drug-likeness (QED) is 0.0833. The van der Waals surface area contributed by atoms with Gasteiger partial charge >= 0.3 is 6.03 Å². The molecule has 282 valence electrons. The first kappa shape index (κ1) is 37.0. The average molecular weight is 739 g/mol. The maximum atomic E-state index is 13.4. The zero-order chi connectivity index (χ0) is 38.0. The third-order valence-electron chi connectivity index (χ3n) is 9.47. The van der Waals surface area contributed by atoms with Gasteiger partial charge in [-0.3, -0.25) is 10.1 Å². The molecule has 0 spiro atoms. The highest BCUT2D eigenvalue weighted by Gasteiger charge is 2.16. The van der Waals surface area contributed by atoms with Gasteiger partial charge in [0.2, 0.25) is 0 Å². The third kappa shape index (κ3) is 9.61. The molecule has 3 aromatic carbocycles. The van der Waals surface area contributed by atoms with Crippen LogP contribution in [0.2, 0.25) is 0 Å². The molecule has 4 N–H and O–H groups in total. The minimum Gasteiger partial charge on any atom is -0.488 e. The summed E-state index contributed by atoms with van der Waals surface area (Å²) in [7, 11) is 0. The second kappa shape index (κ2) is 17.7. The number of fused-ring (bicyclic) bond motifs is 1. The van der Waals surface area contributed by atoms with E-state index in [1.807, 2.05) is 85.8 Å². The molecule has 7 rings (SSSR count). The number of hydrogen-bond acceptors (Lipinski definition) is 9. The smallest absolute Gasteiger partial charge is 0.324 e. The van der Waals surface area contributed by atoms with E-state index in [0.717, 1.165) is 72.2 Å².